The fraction of sp³-hybridized carbons (Fsp3) is 0.484. The van der Waals surface area contributed by atoms with Crippen LogP contribution in [0.3, 0.4) is 0 Å². The van der Waals surface area contributed by atoms with Gasteiger partial charge >= 0.3 is 11.8 Å². The molecule has 40 heavy (non-hydrogen) atoms. The summed E-state index contributed by atoms with van der Waals surface area (Å²) in [5.41, 5.74) is 1.07. The molecule has 2 aromatic carbocycles. The minimum atomic E-state index is -0.730. The molecule has 9 heteroatoms. The van der Waals surface area contributed by atoms with Crippen LogP contribution in [0.5, 0.6) is 0 Å². The van der Waals surface area contributed by atoms with Crippen LogP contribution in [-0.2, 0) is 25.6 Å². The van der Waals surface area contributed by atoms with Gasteiger partial charge in [-0.3, -0.25) is 19.2 Å². The van der Waals surface area contributed by atoms with Gasteiger partial charge in [-0.25, -0.2) is 0 Å². The Morgan fingerprint density at radius 3 is 2.23 bits per heavy atom. The van der Waals surface area contributed by atoms with E-state index in [0.717, 1.165) is 12.0 Å². The van der Waals surface area contributed by atoms with E-state index in [1.807, 2.05) is 57.2 Å². The van der Waals surface area contributed by atoms with Gasteiger partial charge in [-0.15, -0.1) is 0 Å². The number of amides is 4. The van der Waals surface area contributed by atoms with Crippen molar-refractivity contribution in [2.24, 2.45) is 5.41 Å². The van der Waals surface area contributed by atoms with Crippen molar-refractivity contribution in [2.75, 3.05) is 32.0 Å². The molecule has 0 radical (unpaired) electrons. The first-order chi connectivity index (χ1) is 19.0. The van der Waals surface area contributed by atoms with Crippen molar-refractivity contribution in [3.63, 3.8) is 0 Å². The van der Waals surface area contributed by atoms with Crippen LogP contribution in [0.15, 0.2) is 60.7 Å². The highest BCUT2D eigenvalue weighted by atomic mass is 16.2. The van der Waals surface area contributed by atoms with E-state index in [4.69, 9.17) is 0 Å². The Balaban J connectivity index is 1.79. The third kappa shape index (κ3) is 8.39. The Labute approximate surface area is 237 Å². The molecule has 0 saturated carbocycles. The van der Waals surface area contributed by atoms with E-state index >= 15 is 0 Å². The van der Waals surface area contributed by atoms with Crippen molar-refractivity contribution in [2.45, 2.75) is 65.1 Å². The average Bonchev–Trinajstić information content (AvgIpc) is 3.41. The molecule has 1 saturated heterocycles. The third-order valence-electron chi connectivity index (χ3n) is 7.34. The molecule has 0 spiro atoms. The number of benzene rings is 2. The largest absolute Gasteiger partial charge is 0.342 e. The first-order valence-corrected chi connectivity index (χ1v) is 14.0. The molecule has 3 rings (SSSR count). The van der Waals surface area contributed by atoms with Crippen LogP contribution >= 0.6 is 0 Å². The van der Waals surface area contributed by atoms with Crippen molar-refractivity contribution in [3.05, 3.63) is 66.2 Å². The Hall–Kier alpha value is -3.72. The quantitative estimate of drug-likeness (QED) is 0.395. The summed E-state index contributed by atoms with van der Waals surface area (Å²) in [6, 6.07) is 17.2. The number of anilines is 1. The van der Waals surface area contributed by atoms with E-state index in [1.54, 1.807) is 48.0 Å². The van der Waals surface area contributed by atoms with Gasteiger partial charge in [0.05, 0.1) is 6.04 Å². The zero-order valence-corrected chi connectivity index (χ0v) is 24.3. The number of nitrogens with one attached hydrogen (secondary N) is 3. The number of rotatable bonds is 10. The first kappa shape index (κ1) is 30.8. The van der Waals surface area contributed by atoms with Crippen LogP contribution < -0.4 is 16.0 Å². The molecule has 0 unspecified atom stereocenters. The summed E-state index contributed by atoms with van der Waals surface area (Å²) >= 11 is 0. The number of hydrogen-bond acceptors (Lipinski definition) is 5. The fourth-order valence-corrected chi connectivity index (χ4v) is 4.82. The molecular weight excluding hydrogens is 506 g/mol. The minimum absolute atomic E-state index is 0.171. The molecule has 216 valence electrons. The molecule has 1 aliphatic heterocycles. The molecular formula is C31H43N5O4. The van der Waals surface area contributed by atoms with Crippen molar-refractivity contribution in [1.82, 2.24) is 20.4 Å². The Morgan fingerprint density at radius 1 is 1.00 bits per heavy atom. The minimum Gasteiger partial charge on any atom is -0.342 e. The number of nitrogens with zero attached hydrogens (tertiary/aromatic N) is 2. The lowest BCUT2D eigenvalue weighted by molar-refractivity contribution is -0.145. The summed E-state index contributed by atoms with van der Waals surface area (Å²) in [6.07, 6.45) is 2.07. The summed E-state index contributed by atoms with van der Waals surface area (Å²) in [5.74, 6) is -1.77. The average molecular weight is 550 g/mol. The number of carbonyl (C=O) groups is 4. The summed E-state index contributed by atoms with van der Waals surface area (Å²) in [4.78, 5) is 56.3. The van der Waals surface area contributed by atoms with E-state index in [-0.39, 0.29) is 24.4 Å². The topological polar surface area (TPSA) is 111 Å². The van der Waals surface area contributed by atoms with Gasteiger partial charge in [0.1, 0.15) is 6.04 Å². The van der Waals surface area contributed by atoms with Gasteiger partial charge < -0.3 is 25.8 Å². The van der Waals surface area contributed by atoms with Crippen LogP contribution in [0.2, 0.25) is 0 Å². The lowest BCUT2D eigenvalue weighted by atomic mass is 9.85. The van der Waals surface area contributed by atoms with Gasteiger partial charge in [-0.05, 0) is 56.3 Å². The molecule has 1 aliphatic rings. The Morgan fingerprint density at radius 2 is 1.62 bits per heavy atom. The molecule has 0 aromatic heterocycles. The van der Waals surface area contributed by atoms with Crippen LogP contribution in [-0.4, -0.2) is 78.2 Å². The van der Waals surface area contributed by atoms with Gasteiger partial charge in [-0.1, -0.05) is 69.3 Å². The first-order valence-electron chi connectivity index (χ1n) is 14.0. The van der Waals surface area contributed by atoms with Crippen LogP contribution in [0.4, 0.5) is 5.69 Å². The second kappa shape index (κ2) is 14.1. The SMILES string of the molecule is CN[C@@H](C)C(=O)N[C@H](C(=O)N1CCC[C@H]1CN(CCc1ccccc1)C(=O)C(=O)Nc1ccccc1)C(C)(C)C. The Kier molecular flexibility index (Phi) is 10.8. The van der Waals surface area contributed by atoms with E-state index in [2.05, 4.69) is 16.0 Å². The fourth-order valence-electron chi connectivity index (χ4n) is 4.82. The molecule has 3 N–H and O–H groups in total. The van der Waals surface area contributed by atoms with Gasteiger partial charge in [0.15, 0.2) is 0 Å². The second-order valence-electron chi connectivity index (χ2n) is 11.5. The van der Waals surface area contributed by atoms with E-state index in [1.165, 1.54) is 0 Å². The van der Waals surface area contributed by atoms with Gasteiger partial charge in [-0.2, -0.15) is 0 Å². The second-order valence-corrected chi connectivity index (χ2v) is 11.5. The molecule has 3 atom stereocenters. The Bertz CT molecular complexity index is 1150. The van der Waals surface area contributed by atoms with E-state index in [9.17, 15) is 19.2 Å². The van der Waals surface area contributed by atoms with Gasteiger partial charge in [0, 0.05) is 31.4 Å². The molecule has 2 aromatic rings. The maximum atomic E-state index is 13.9. The number of carbonyl (C=O) groups excluding carboxylic acids is 4. The molecule has 0 bridgehead atoms. The molecule has 9 nitrogen and oxygen atoms in total. The monoisotopic (exact) mass is 549 g/mol. The number of likely N-dealkylation sites (tertiary alicyclic amines) is 1. The summed E-state index contributed by atoms with van der Waals surface area (Å²) in [7, 11) is 1.70. The zero-order chi connectivity index (χ0) is 29.3. The smallest absolute Gasteiger partial charge is 0.313 e. The van der Waals surface area contributed by atoms with Crippen LogP contribution in [0, 0.1) is 5.41 Å². The summed E-state index contributed by atoms with van der Waals surface area (Å²) in [6.45, 7) is 8.62. The normalized spacial score (nSPS) is 16.6. The van der Waals surface area contributed by atoms with E-state index < -0.39 is 29.3 Å². The summed E-state index contributed by atoms with van der Waals surface area (Å²) in [5, 5.41) is 8.54. The lowest BCUT2D eigenvalue weighted by Gasteiger charge is -2.37. The van der Waals surface area contributed by atoms with Crippen molar-refractivity contribution < 1.29 is 19.2 Å². The van der Waals surface area contributed by atoms with Gasteiger partial charge in [0.2, 0.25) is 11.8 Å². The predicted octanol–water partition coefficient (Wildman–Crippen LogP) is 2.83. The highest BCUT2D eigenvalue weighted by molar-refractivity contribution is 6.39. The number of para-hydroxylation sites is 1. The number of hydrogen-bond donors (Lipinski definition) is 3. The van der Waals surface area contributed by atoms with Crippen LogP contribution in [0.25, 0.3) is 0 Å². The predicted molar refractivity (Wildman–Crippen MR) is 156 cm³/mol. The maximum absolute atomic E-state index is 13.9. The molecule has 4 amide bonds. The van der Waals surface area contributed by atoms with E-state index in [0.29, 0.717) is 31.6 Å². The zero-order valence-electron chi connectivity index (χ0n) is 24.3. The standard InChI is InChI=1S/C31H43N5O4/c1-22(32-5)27(37)34-26(31(2,3)4)29(39)36-19-12-17-25(36)21-35(20-18-23-13-8-6-9-14-23)30(40)28(38)33-24-15-10-7-11-16-24/h6-11,13-16,22,25-26,32H,12,17-21H2,1-5H3,(H,33,38)(H,34,37)/t22-,25-,26+/m0/s1. The highest BCUT2D eigenvalue weighted by Gasteiger charge is 2.41. The van der Waals surface area contributed by atoms with Crippen LogP contribution in [0.1, 0.15) is 46.1 Å². The van der Waals surface area contributed by atoms with Gasteiger partial charge in [0.25, 0.3) is 0 Å². The lowest BCUT2D eigenvalue weighted by Crippen LogP contribution is -2.59. The molecule has 0 aliphatic carbocycles. The van der Waals surface area contributed by atoms with Crippen molar-refractivity contribution in [3.8, 4) is 0 Å². The molecule has 1 fully saturated rings. The third-order valence-corrected chi connectivity index (χ3v) is 7.34. The molecule has 1 heterocycles. The van der Waals surface area contributed by atoms with Crippen molar-refractivity contribution in [1.29, 1.82) is 0 Å². The maximum Gasteiger partial charge on any atom is 0.313 e. The number of likely N-dealkylation sites (N-methyl/N-ethyl adjacent to an activating group) is 1. The van der Waals surface area contributed by atoms with Crippen molar-refractivity contribution >= 4 is 29.3 Å². The summed E-state index contributed by atoms with van der Waals surface area (Å²) < 4.78 is 0. The highest BCUT2D eigenvalue weighted by Crippen LogP contribution is 2.26.